The van der Waals surface area contributed by atoms with Gasteiger partial charge in [-0.2, -0.15) is 0 Å². The highest BCUT2D eigenvalue weighted by Gasteiger charge is 2.04. The predicted octanol–water partition coefficient (Wildman–Crippen LogP) is 9.00. The third-order valence-electron chi connectivity index (χ3n) is 6.55. The molecular weight excluding hydrogens is 769 g/mol. The van der Waals surface area contributed by atoms with Crippen LogP contribution < -0.4 is 31.2 Å². The van der Waals surface area contributed by atoms with Gasteiger partial charge in [0.15, 0.2) is 0 Å². The van der Waals surface area contributed by atoms with E-state index in [4.69, 9.17) is 34.9 Å². The molecule has 3 aromatic carbocycles. The van der Waals surface area contributed by atoms with Crippen LogP contribution in [0, 0.1) is 0 Å². The second-order valence-corrected chi connectivity index (χ2v) is 10.6. The molecular formula is C46H78N4O10. The second kappa shape index (κ2) is 45.7. The minimum absolute atomic E-state index is 0. The van der Waals surface area contributed by atoms with Gasteiger partial charge in [0.05, 0.1) is 19.7 Å². The fourth-order valence-corrected chi connectivity index (χ4v) is 3.90. The molecule has 0 aliphatic rings. The number of aliphatic hydroxyl groups is 1. The van der Waals surface area contributed by atoms with E-state index in [1.165, 1.54) is 18.2 Å². The Hall–Kier alpha value is -5.99. The number of aryl methyl sites for hydroxylation is 2. The summed E-state index contributed by atoms with van der Waals surface area (Å²) in [5, 5.41) is 24.8. The first-order valence-electron chi connectivity index (χ1n) is 17.7. The van der Waals surface area contributed by atoms with E-state index in [9.17, 15) is 14.4 Å². The van der Waals surface area contributed by atoms with Gasteiger partial charge in [-0.25, -0.2) is 14.4 Å². The molecule has 0 fully saturated rings. The van der Waals surface area contributed by atoms with Gasteiger partial charge in [0, 0.05) is 18.7 Å². The molecule has 0 saturated heterocycles. The monoisotopic (exact) mass is 847 g/mol. The number of phenols is 1. The van der Waals surface area contributed by atoms with Gasteiger partial charge in [-0.1, -0.05) is 144 Å². The molecule has 14 heteroatoms. The maximum atomic E-state index is 11.1. The van der Waals surface area contributed by atoms with Crippen LogP contribution in [0.4, 0.5) is 14.4 Å². The number of aliphatic hydroxyl groups excluding tert-OH is 1. The lowest BCUT2D eigenvalue weighted by atomic mass is 10.1. The lowest BCUT2D eigenvalue weighted by Gasteiger charge is -2.10. The highest BCUT2D eigenvalue weighted by molar-refractivity contribution is 5.67. The molecule has 7 N–H and O–H groups in total. The summed E-state index contributed by atoms with van der Waals surface area (Å²) >= 11 is 0. The molecule has 0 saturated carbocycles. The Balaban J connectivity index is -0.000000164. The number of benzene rings is 3. The first-order valence-corrected chi connectivity index (χ1v) is 17.7. The molecule has 0 atom stereocenters. The van der Waals surface area contributed by atoms with Gasteiger partial charge in [0.1, 0.15) is 50.3 Å². The number of para-hydroxylation sites is 3. The Bertz CT molecular complexity index is 1450. The molecule has 14 nitrogen and oxygen atoms in total. The second-order valence-electron chi connectivity index (χ2n) is 10.6. The average Bonchev–Trinajstić information content (AvgIpc) is 3.22. The number of amides is 3. The Morgan fingerprint density at radius 3 is 1.28 bits per heavy atom. The van der Waals surface area contributed by atoms with E-state index in [0.29, 0.717) is 38.6 Å². The lowest BCUT2D eigenvalue weighted by Crippen LogP contribution is -2.28. The van der Waals surface area contributed by atoms with Crippen molar-refractivity contribution in [3.8, 4) is 17.2 Å². The standard InChI is InChI=1S/C14H19NO3.C13H18N2O3.C8H10O.C6H11NO3.5CH4/c1-3-10-18-14(16)15-9-11-17-13-8-6-5-7-12(13)4-2;1-2-8-18-13(16)15-7-9-17-12-6-4-3-5-11(12)10-14;1-2-7-5-3-4-6-8(7)9;1-2-5-10-6(9)7-3-4-8;;;;;/h3,5-8H,1,4,9-11H2,2H3,(H,15,16);2-6H,1,7-10,14H2,(H,15,16);3-6,9H,2H2,1H3;2,8H,1,3-5H2,(H,7,9);5*1H4. The number of aromatic hydroxyl groups is 1. The van der Waals surface area contributed by atoms with E-state index in [0.717, 1.165) is 41.0 Å². The van der Waals surface area contributed by atoms with Crippen molar-refractivity contribution in [3.63, 3.8) is 0 Å². The molecule has 3 aromatic rings. The first-order chi connectivity index (χ1) is 26.7. The SMILES string of the molecule is C.C.C.C.C.C=CCOC(=O)NCCO.C=CCOC(=O)NCCOc1ccccc1CC.C=CCOC(=O)NCCOc1ccccc1CN.CCc1ccccc1O. The van der Waals surface area contributed by atoms with E-state index in [1.807, 2.05) is 73.7 Å². The van der Waals surface area contributed by atoms with Crippen LogP contribution in [-0.4, -0.2) is 87.8 Å². The van der Waals surface area contributed by atoms with Crippen molar-refractivity contribution in [2.45, 2.75) is 70.4 Å². The predicted molar refractivity (Wildman–Crippen MR) is 248 cm³/mol. The summed E-state index contributed by atoms with van der Waals surface area (Å²) in [6.07, 6.45) is 4.85. The summed E-state index contributed by atoms with van der Waals surface area (Å²) in [7, 11) is 0. The number of nitrogens with two attached hydrogens (primary N) is 1. The lowest BCUT2D eigenvalue weighted by molar-refractivity contribution is 0.154. The van der Waals surface area contributed by atoms with E-state index in [2.05, 4.69) is 47.3 Å². The van der Waals surface area contributed by atoms with E-state index in [-0.39, 0.29) is 70.1 Å². The van der Waals surface area contributed by atoms with Gasteiger partial charge >= 0.3 is 18.3 Å². The van der Waals surface area contributed by atoms with Gasteiger partial charge in [0.2, 0.25) is 0 Å². The smallest absolute Gasteiger partial charge is 0.407 e. The van der Waals surface area contributed by atoms with Crippen LogP contribution in [0.25, 0.3) is 0 Å². The van der Waals surface area contributed by atoms with Gasteiger partial charge in [-0.15, -0.1) is 0 Å². The van der Waals surface area contributed by atoms with Crippen LogP contribution >= 0.6 is 0 Å². The van der Waals surface area contributed by atoms with Crippen molar-refractivity contribution in [3.05, 3.63) is 127 Å². The fraction of sp³-hybridized carbons (Fsp3) is 0.413. The summed E-state index contributed by atoms with van der Waals surface area (Å²) < 4.78 is 25.1. The molecule has 0 bridgehead atoms. The van der Waals surface area contributed by atoms with Crippen LogP contribution in [0.2, 0.25) is 0 Å². The van der Waals surface area contributed by atoms with Gasteiger partial charge in [-0.3, -0.25) is 0 Å². The molecule has 3 rings (SSSR count). The van der Waals surface area contributed by atoms with Crippen LogP contribution in [0.15, 0.2) is 111 Å². The summed E-state index contributed by atoms with van der Waals surface area (Å²) in [6, 6.07) is 22.8. The maximum Gasteiger partial charge on any atom is 0.407 e. The third kappa shape index (κ3) is 34.1. The van der Waals surface area contributed by atoms with Crippen molar-refractivity contribution in [1.29, 1.82) is 0 Å². The summed E-state index contributed by atoms with van der Waals surface area (Å²) in [6.45, 7) is 17.1. The molecule has 3 amide bonds. The largest absolute Gasteiger partial charge is 0.508 e. The van der Waals surface area contributed by atoms with Crippen LogP contribution in [0.3, 0.4) is 0 Å². The normalized spacial score (nSPS) is 8.60. The number of carbonyl (C=O) groups is 3. The van der Waals surface area contributed by atoms with Crippen molar-refractivity contribution < 1.29 is 48.3 Å². The minimum Gasteiger partial charge on any atom is -0.508 e. The average molecular weight is 847 g/mol. The highest BCUT2D eigenvalue weighted by atomic mass is 16.6. The van der Waals surface area contributed by atoms with Gasteiger partial charge < -0.3 is 55.6 Å². The van der Waals surface area contributed by atoms with Crippen molar-refractivity contribution >= 4 is 18.3 Å². The summed E-state index contributed by atoms with van der Waals surface area (Å²) in [4.78, 5) is 32.6. The van der Waals surface area contributed by atoms with Crippen molar-refractivity contribution in [2.24, 2.45) is 5.73 Å². The minimum atomic E-state index is -0.533. The maximum absolute atomic E-state index is 11.1. The number of alkyl carbamates (subject to hydrolysis) is 3. The number of phenolic OH excluding ortho intramolecular Hbond substituents is 1. The van der Waals surface area contributed by atoms with E-state index in [1.54, 1.807) is 6.07 Å². The Kier molecular flexibility index (Phi) is 50.2. The topological polar surface area (TPSA) is 200 Å². The Morgan fingerprint density at radius 2 is 0.933 bits per heavy atom. The number of nitrogens with one attached hydrogen (secondary N) is 3. The molecule has 342 valence electrons. The molecule has 60 heavy (non-hydrogen) atoms. The fourth-order valence-electron chi connectivity index (χ4n) is 3.90. The van der Waals surface area contributed by atoms with Crippen LogP contribution in [-0.2, 0) is 33.6 Å². The van der Waals surface area contributed by atoms with Crippen LogP contribution in [0.5, 0.6) is 17.2 Å². The molecule has 0 radical (unpaired) electrons. The number of hydrogen-bond acceptors (Lipinski definition) is 11. The Labute approximate surface area is 361 Å². The third-order valence-corrected chi connectivity index (χ3v) is 6.55. The first kappa shape index (κ1) is 65.8. The van der Waals surface area contributed by atoms with Gasteiger partial charge in [-0.05, 0) is 42.2 Å². The molecule has 0 unspecified atom stereocenters. The number of carbonyl (C=O) groups excluding carboxylic acids is 3. The zero-order valence-electron chi connectivity index (χ0n) is 32.0. The van der Waals surface area contributed by atoms with Crippen molar-refractivity contribution in [2.75, 3.05) is 59.3 Å². The highest BCUT2D eigenvalue weighted by Crippen LogP contribution is 2.18. The van der Waals surface area contributed by atoms with E-state index < -0.39 is 18.3 Å². The molecule has 0 heterocycles. The van der Waals surface area contributed by atoms with E-state index >= 15 is 0 Å². The molecule has 0 spiro atoms. The zero-order valence-corrected chi connectivity index (χ0v) is 32.0. The number of ether oxygens (including phenoxy) is 5. The number of rotatable bonds is 19. The quantitative estimate of drug-likeness (QED) is 0.0382. The zero-order chi connectivity index (χ0) is 40.9. The Morgan fingerprint density at radius 1 is 0.583 bits per heavy atom. The van der Waals surface area contributed by atoms with Gasteiger partial charge in [0.25, 0.3) is 0 Å². The molecule has 0 aliphatic heterocycles. The summed E-state index contributed by atoms with van der Waals surface area (Å²) in [5.74, 6) is 2.00. The number of hydrogen-bond donors (Lipinski definition) is 6. The molecule has 0 aliphatic carbocycles. The summed E-state index contributed by atoms with van der Waals surface area (Å²) in [5.41, 5.74) is 8.69. The molecule has 0 aromatic heterocycles. The van der Waals surface area contributed by atoms with Crippen molar-refractivity contribution in [1.82, 2.24) is 16.0 Å². The van der Waals surface area contributed by atoms with Crippen LogP contribution in [0.1, 0.15) is 67.7 Å².